The molecule has 0 unspecified atom stereocenters. The second-order valence-electron chi connectivity index (χ2n) is 5.86. The van der Waals surface area contributed by atoms with Crippen molar-refractivity contribution in [2.24, 2.45) is 7.05 Å². The third kappa shape index (κ3) is 3.70. The summed E-state index contributed by atoms with van der Waals surface area (Å²) in [4.78, 5) is 14.3. The number of carbonyl (C=O) groups excluding carboxylic acids is 1. The maximum Gasteiger partial charge on any atom is 0.221 e. The highest BCUT2D eigenvalue weighted by atomic mass is 16.5. The summed E-state index contributed by atoms with van der Waals surface area (Å²) >= 11 is 0. The summed E-state index contributed by atoms with van der Waals surface area (Å²) < 4.78 is 8.98. The fourth-order valence-electron chi connectivity index (χ4n) is 2.95. The van der Waals surface area contributed by atoms with Gasteiger partial charge < -0.3 is 10.1 Å². The van der Waals surface area contributed by atoms with Gasteiger partial charge in [-0.25, -0.2) is 0 Å². The maximum absolute atomic E-state index is 12.0. The molecule has 0 saturated carbocycles. The Morgan fingerprint density at radius 3 is 2.91 bits per heavy atom. The van der Waals surface area contributed by atoms with Gasteiger partial charge in [-0.05, 0) is 6.92 Å². The third-order valence-electron chi connectivity index (χ3n) is 4.22. The molecule has 3 rings (SSSR count). The van der Waals surface area contributed by atoms with Crippen LogP contribution in [0.15, 0.2) is 6.20 Å². The Bertz CT molecular complexity index is 671. The number of nitrogens with zero attached hydrogens (tertiary/aromatic N) is 5. The molecule has 1 aliphatic rings. The van der Waals surface area contributed by atoms with E-state index >= 15 is 0 Å². The summed E-state index contributed by atoms with van der Waals surface area (Å²) in [5.41, 5.74) is 2.94. The lowest BCUT2D eigenvalue weighted by molar-refractivity contribution is -0.121. The maximum atomic E-state index is 12.0. The first-order valence-corrected chi connectivity index (χ1v) is 8.07. The van der Waals surface area contributed by atoms with Gasteiger partial charge in [-0.2, -0.15) is 10.2 Å². The minimum atomic E-state index is 0.0588. The van der Waals surface area contributed by atoms with Crippen LogP contribution in [0.3, 0.4) is 0 Å². The molecule has 2 aromatic heterocycles. The van der Waals surface area contributed by atoms with Crippen LogP contribution in [0.1, 0.15) is 12.1 Å². The van der Waals surface area contributed by atoms with E-state index in [0.29, 0.717) is 19.5 Å². The Hall–Kier alpha value is -1.93. The molecule has 1 fully saturated rings. The zero-order valence-electron chi connectivity index (χ0n) is 13.8. The molecule has 1 amide bonds. The number of ether oxygens (including phenoxy) is 1. The zero-order valence-corrected chi connectivity index (χ0v) is 13.8. The number of nitrogens with one attached hydrogen (secondary N) is 1. The topological polar surface area (TPSA) is 77.2 Å². The smallest absolute Gasteiger partial charge is 0.221 e. The summed E-state index contributed by atoms with van der Waals surface area (Å²) in [7, 11) is 1.90. The fourth-order valence-corrected chi connectivity index (χ4v) is 2.95. The molecule has 1 N–H and O–H groups in total. The minimum Gasteiger partial charge on any atom is -0.379 e. The summed E-state index contributed by atoms with van der Waals surface area (Å²) in [6.45, 7) is 7.55. The first-order chi connectivity index (χ1) is 11.1. The lowest BCUT2D eigenvalue weighted by Crippen LogP contribution is -2.41. The van der Waals surface area contributed by atoms with Crippen molar-refractivity contribution in [3.05, 3.63) is 11.9 Å². The standard InChI is InChI=1S/C15H24N6O2/c1-12-15-13(19(2)18-12)11-17-21(15)5-3-14(22)16-4-6-20-7-9-23-10-8-20/h11H,3-10H2,1-2H3,(H,16,22). The quantitative estimate of drug-likeness (QED) is 0.805. The number of fused-ring (bicyclic) bond motifs is 1. The summed E-state index contributed by atoms with van der Waals surface area (Å²) in [6, 6.07) is 0. The van der Waals surface area contributed by atoms with E-state index in [1.807, 2.05) is 23.3 Å². The molecule has 2 aromatic rings. The van der Waals surface area contributed by atoms with E-state index in [4.69, 9.17) is 4.74 Å². The van der Waals surface area contributed by atoms with Gasteiger partial charge in [-0.15, -0.1) is 0 Å². The number of carbonyl (C=O) groups is 1. The summed E-state index contributed by atoms with van der Waals surface area (Å²) in [5.74, 6) is 0.0588. The minimum absolute atomic E-state index is 0.0588. The van der Waals surface area contributed by atoms with Crippen LogP contribution in [-0.2, 0) is 23.1 Å². The second kappa shape index (κ2) is 7.10. The van der Waals surface area contributed by atoms with Gasteiger partial charge >= 0.3 is 0 Å². The normalized spacial score (nSPS) is 16.1. The Morgan fingerprint density at radius 1 is 1.35 bits per heavy atom. The van der Waals surface area contributed by atoms with Gasteiger partial charge in [0.05, 0.1) is 31.6 Å². The van der Waals surface area contributed by atoms with Gasteiger partial charge in [-0.1, -0.05) is 0 Å². The van der Waals surface area contributed by atoms with E-state index in [2.05, 4.69) is 20.4 Å². The predicted molar refractivity (Wildman–Crippen MR) is 86.1 cm³/mol. The lowest BCUT2D eigenvalue weighted by Gasteiger charge is -2.26. The largest absolute Gasteiger partial charge is 0.379 e. The number of rotatable bonds is 6. The van der Waals surface area contributed by atoms with Gasteiger partial charge in [0.1, 0.15) is 11.0 Å². The van der Waals surface area contributed by atoms with Crippen molar-refractivity contribution >= 4 is 16.9 Å². The van der Waals surface area contributed by atoms with E-state index in [0.717, 1.165) is 49.6 Å². The van der Waals surface area contributed by atoms with Crippen LogP contribution in [0.5, 0.6) is 0 Å². The molecule has 0 aromatic carbocycles. The van der Waals surface area contributed by atoms with E-state index in [1.165, 1.54) is 0 Å². The Balaban J connectivity index is 1.44. The van der Waals surface area contributed by atoms with Crippen LogP contribution >= 0.6 is 0 Å². The summed E-state index contributed by atoms with van der Waals surface area (Å²) in [6.07, 6.45) is 2.22. The van der Waals surface area contributed by atoms with Gasteiger partial charge in [0.2, 0.25) is 5.91 Å². The van der Waals surface area contributed by atoms with Gasteiger partial charge in [0.25, 0.3) is 0 Å². The molecule has 0 aliphatic carbocycles. The van der Waals surface area contributed by atoms with E-state index in [1.54, 1.807) is 6.20 Å². The van der Waals surface area contributed by atoms with E-state index in [9.17, 15) is 4.79 Å². The van der Waals surface area contributed by atoms with Gasteiger partial charge in [-0.3, -0.25) is 19.1 Å². The Labute approximate surface area is 135 Å². The number of aryl methyl sites for hydroxylation is 3. The molecule has 126 valence electrons. The molecular weight excluding hydrogens is 296 g/mol. The molecule has 8 nitrogen and oxygen atoms in total. The SMILES string of the molecule is Cc1nn(C)c2cnn(CCC(=O)NCCN3CCOCC3)c12. The van der Waals surface area contributed by atoms with Crippen molar-refractivity contribution in [1.29, 1.82) is 0 Å². The van der Waals surface area contributed by atoms with Crippen LogP contribution in [-0.4, -0.2) is 69.8 Å². The predicted octanol–water partition coefficient (Wildman–Crippen LogP) is -0.0833. The first-order valence-electron chi connectivity index (χ1n) is 8.07. The lowest BCUT2D eigenvalue weighted by atomic mass is 10.3. The van der Waals surface area contributed by atoms with Gasteiger partial charge in [0.15, 0.2) is 0 Å². The number of hydrogen-bond acceptors (Lipinski definition) is 5. The fraction of sp³-hybridized carbons (Fsp3) is 0.667. The molecule has 0 bridgehead atoms. The number of morpholine rings is 1. The third-order valence-corrected chi connectivity index (χ3v) is 4.22. The van der Waals surface area contributed by atoms with Crippen LogP contribution in [0, 0.1) is 6.92 Å². The van der Waals surface area contributed by atoms with Crippen molar-refractivity contribution in [2.45, 2.75) is 19.9 Å². The molecule has 1 aliphatic heterocycles. The van der Waals surface area contributed by atoms with Gasteiger partial charge in [0, 0.05) is 39.6 Å². The zero-order chi connectivity index (χ0) is 16.2. The highest BCUT2D eigenvalue weighted by Gasteiger charge is 2.13. The Morgan fingerprint density at radius 2 is 2.13 bits per heavy atom. The van der Waals surface area contributed by atoms with Crippen molar-refractivity contribution in [3.63, 3.8) is 0 Å². The second-order valence-corrected chi connectivity index (χ2v) is 5.86. The monoisotopic (exact) mass is 320 g/mol. The van der Waals surface area contributed by atoms with Crippen molar-refractivity contribution in [2.75, 3.05) is 39.4 Å². The molecule has 3 heterocycles. The molecular formula is C15H24N6O2. The Kier molecular flexibility index (Phi) is 4.92. The molecule has 0 spiro atoms. The highest BCUT2D eigenvalue weighted by Crippen LogP contribution is 2.16. The first kappa shape index (κ1) is 15.9. The van der Waals surface area contributed by atoms with Crippen molar-refractivity contribution < 1.29 is 9.53 Å². The van der Waals surface area contributed by atoms with Crippen LogP contribution in [0.2, 0.25) is 0 Å². The number of hydrogen-bond donors (Lipinski definition) is 1. The highest BCUT2D eigenvalue weighted by molar-refractivity contribution is 5.78. The molecule has 0 atom stereocenters. The van der Waals surface area contributed by atoms with E-state index < -0.39 is 0 Å². The number of aromatic nitrogens is 4. The van der Waals surface area contributed by atoms with Crippen LogP contribution < -0.4 is 5.32 Å². The van der Waals surface area contributed by atoms with E-state index in [-0.39, 0.29) is 5.91 Å². The molecule has 23 heavy (non-hydrogen) atoms. The van der Waals surface area contributed by atoms with Crippen molar-refractivity contribution in [3.8, 4) is 0 Å². The molecule has 0 radical (unpaired) electrons. The number of amides is 1. The average Bonchev–Trinajstić information content (AvgIpc) is 3.09. The van der Waals surface area contributed by atoms with Crippen LogP contribution in [0.25, 0.3) is 11.0 Å². The summed E-state index contributed by atoms with van der Waals surface area (Å²) in [5, 5.41) is 11.7. The molecule has 8 heteroatoms. The van der Waals surface area contributed by atoms with Crippen LogP contribution in [0.4, 0.5) is 0 Å². The van der Waals surface area contributed by atoms with Crippen molar-refractivity contribution in [1.82, 2.24) is 29.8 Å². The molecule has 1 saturated heterocycles. The average molecular weight is 320 g/mol.